The number of aromatic hydroxyl groups is 1. The molecule has 1 aromatic heterocycles. The number of hydrogen-bond acceptors (Lipinski definition) is 6. The number of anilines is 1. The van der Waals surface area contributed by atoms with Crippen LogP contribution in [-0.4, -0.2) is 40.1 Å². The van der Waals surface area contributed by atoms with Crippen LogP contribution in [0.3, 0.4) is 0 Å². The Kier molecular flexibility index (Phi) is 7.47. The minimum Gasteiger partial charge on any atom is -0.501 e. The molecule has 0 radical (unpaired) electrons. The van der Waals surface area contributed by atoms with Crippen molar-refractivity contribution < 1.29 is 23.8 Å². The number of ether oxygens (including phenoxy) is 1. The molecular weight excluding hydrogens is 431 g/mol. The molecule has 1 aliphatic rings. The number of nitrogens with one attached hydrogen (secondary N) is 1. The number of aromatic nitrogens is 2. The Morgan fingerprint density at radius 1 is 1.39 bits per heavy atom. The van der Waals surface area contributed by atoms with Gasteiger partial charge in [-0.25, -0.2) is 9.37 Å². The Balaban J connectivity index is 1.85. The van der Waals surface area contributed by atoms with Crippen LogP contribution in [0.1, 0.15) is 61.9 Å². The standard InChI is InChI=1S/C23H29FN4O5/c1-4-5-6-9-27(14-29)17-12-16(24)8-7-15(17)13-25-20(31)18-19(30)21(32)28-10-11-33-23(2,3)22(28)26-18/h7-8,12,14,30H,4-6,9-11,13H2,1-3H3,(H,25,31). The Morgan fingerprint density at radius 2 is 2.15 bits per heavy atom. The van der Waals surface area contributed by atoms with Crippen LogP contribution in [0.2, 0.25) is 0 Å². The highest BCUT2D eigenvalue weighted by atomic mass is 19.1. The molecule has 0 atom stereocenters. The summed E-state index contributed by atoms with van der Waals surface area (Å²) >= 11 is 0. The first-order chi connectivity index (χ1) is 15.7. The van der Waals surface area contributed by atoms with Crippen LogP contribution in [0, 0.1) is 5.82 Å². The lowest BCUT2D eigenvalue weighted by atomic mass is 10.1. The lowest BCUT2D eigenvalue weighted by Crippen LogP contribution is -2.42. The molecule has 0 bridgehead atoms. The second-order valence-electron chi connectivity index (χ2n) is 8.41. The number of hydrogen-bond donors (Lipinski definition) is 2. The van der Waals surface area contributed by atoms with Gasteiger partial charge in [0.2, 0.25) is 12.2 Å². The maximum absolute atomic E-state index is 13.9. The molecule has 0 aliphatic carbocycles. The number of carbonyl (C=O) groups is 2. The number of nitrogens with zero attached hydrogens (tertiary/aromatic N) is 3. The third-order valence-electron chi connectivity index (χ3n) is 5.60. The SMILES string of the molecule is CCCCCN(C=O)c1cc(F)ccc1CNC(=O)c1nc2n(c(=O)c1O)CCOC2(C)C. The molecule has 2 amide bonds. The maximum Gasteiger partial charge on any atom is 0.296 e. The quantitative estimate of drug-likeness (QED) is 0.439. The van der Waals surface area contributed by atoms with E-state index < -0.39 is 34.3 Å². The highest BCUT2D eigenvalue weighted by molar-refractivity contribution is 5.94. The van der Waals surface area contributed by atoms with Crippen molar-refractivity contribution in [2.45, 2.75) is 58.7 Å². The largest absolute Gasteiger partial charge is 0.501 e. The molecular formula is C23H29FN4O5. The van der Waals surface area contributed by atoms with Gasteiger partial charge in [-0.15, -0.1) is 0 Å². The first-order valence-electron chi connectivity index (χ1n) is 11.0. The van der Waals surface area contributed by atoms with Crippen molar-refractivity contribution >= 4 is 18.0 Å². The maximum atomic E-state index is 13.9. The van der Waals surface area contributed by atoms with E-state index in [2.05, 4.69) is 10.3 Å². The van der Waals surface area contributed by atoms with Gasteiger partial charge >= 0.3 is 0 Å². The smallest absolute Gasteiger partial charge is 0.296 e. The van der Waals surface area contributed by atoms with E-state index in [4.69, 9.17) is 4.74 Å². The second-order valence-corrected chi connectivity index (χ2v) is 8.41. The molecule has 10 heteroatoms. The number of halogens is 1. The first kappa shape index (κ1) is 24.4. The fourth-order valence-corrected chi connectivity index (χ4v) is 3.80. The van der Waals surface area contributed by atoms with E-state index in [0.29, 0.717) is 24.2 Å². The number of amides is 2. The molecule has 178 valence electrons. The number of carbonyl (C=O) groups excluding carboxylic acids is 2. The van der Waals surface area contributed by atoms with Crippen LogP contribution in [0.5, 0.6) is 5.75 Å². The molecule has 2 N–H and O–H groups in total. The minimum absolute atomic E-state index is 0.0635. The van der Waals surface area contributed by atoms with Crippen molar-refractivity contribution in [3.8, 4) is 5.75 Å². The van der Waals surface area contributed by atoms with Crippen LogP contribution in [0.25, 0.3) is 0 Å². The highest BCUT2D eigenvalue weighted by Crippen LogP contribution is 2.27. The van der Waals surface area contributed by atoms with E-state index >= 15 is 0 Å². The predicted octanol–water partition coefficient (Wildman–Crippen LogP) is 2.44. The van der Waals surface area contributed by atoms with E-state index in [1.165, 1.54) is 27.7 Å². The summed E-state index contributed by atoms with van der Waals surface area (Å²) in [6.45, 7) is 6.34. The van der Waals surface area contributed by atoms with Gasteiger partial charge in [0.1, 0.15) is 17.2 Å². The third kappa shape index (κ3) is 5.22. The van der Waals surface area contributed by atoms with E-state index in [9.17, 15) is 23.9 Å². The molecule has 33 heavy (non-hydrogen) atoms. The van der Waals surface area contributed by atoms with Crippen LogP contribution >= 0.6 is 0 Å². The molecule has 0 saturated heterocycles. The summed E-state index contributed by atoms with van der Waals surface area (Å²) in [5, 5.41) is 12.9. The molecule has 9 nitrogen and oxygen atoms in total. The van der Waals surface area contributed by atoms with E-state index in [1.54, 1.807) is 13.8 Å². The van der Waals surface area contributed by atoms with Crippen LogP contribution in [0.4, 0.5) is 10.1 Å². The van der Waals surface area contributed by atoms with Crippen molar-refractivity contribution in [2.24, 2.45) is 0 Å². The monoisotopic (exact) mass is 460 g/mol. The Labute approximate surface area is 191 Å². The first-order valence-corrected chi connectivity index (χ1v) is 11.0. The number of unbranched alkanes of at least 4 members (excludes halogenated alkanes) is 2. The van der Waals surface area contributed by atoms with Crippen LogP contribution in [-0.2, 0) is 28.2 Å². The van der Waals surface area contributed by atoms with Crippen LogP contribution < -0.4 is 15.8 Å². The van der Waals surface area contributed by atoms with Crippen molar-refractivity contribution in [1.29, 1.82) is 0 Å². The summed E-state index contributed by atoms with van der Waals surface area (Å²) in [6.07, 6.45) is 3.28. The molecule has 1 aliphatic heterocycles. The van der Waals surface area contributed by atoms with E-state index in [1.807, 2.05) is 6.92 Å². The Morgan fingerprint density at radius 3 is 2.85 bits per heavy atom. The number of rotatable bonds is 9. The molecule has 0 fully saturated rings. The zero-order chi connectivity index (χ0) is 24.2. The molecule has 3 rings (SSSR count). The van der Waals surface area contributed by atoms with Crippen molar-refractivity contribution in [1.82, 2.24) is 14.9 Å². The second kappa shape index (κ2) is 10.1. The zero-order valence-electron chi connectivity index (χ0n) is 19.1. The molecule has 0 saturated carbocycles. The van der Waals surface area contributed by atoms with E-state index in [-0.39, 0.29) is 25.5 Å². The number of benzene rings is 1. The molecule has 2 heterocycles. The van der Waals surface area contributed by atoms with Crippen molar-refractivity contribution in [3.63, 3.8) is 0 Å². The number of fused-ring (bicyclic) bond motifs is 1. The fraction of sp³-hybridized carbons (Fsp3) is 0.478. The van der Waals surface area contributed by atoms with Crippen LogP contribution in [0.15, 0.2) is 23.0 Å². The lowest BCUT2D eigenvalue weighted by molar-refractivity contribution is -0.107. The lowest BCUT2D eigenvalue weighted by Gasteiger charge is -2.32. The summed E-state index contributed by atoms with van der Waals surface area (Å²) in [7, 11) is 0. The Bertz CT molecular complexity index is 1100. The summed E-state index contributed by atoms with van der Waals surface area (Å²) < 4.78 is 20.8. The van der Waals surface area contributed by atoms with Gasteiger partial charge < -0.3 is 20.1 Å². The molecule has 2 aromatic rings. The summed E-state index contributed by atoms with van der Waals surface area (Å²) in [6, 6.07) is 3.96. The summed E-state index contributed by atoms with van der Waals surface area (Å²) in [5.41, 5.74) is -1.19. The minimum atomic E-state index is -0.910. The van der Waals surface area contributed by atoms with Gasteiger partial charge in [-0.3, -0.25) is 19.0 Å². The van der Waals surface area contributed by atoms with Gasteiger partial charge in [-0.2, -0.15) is 0 Å². The average molecular weight is 461 g/mol. The average Bonchev–Trinajstić information content (AvgIpc) is 2.78. The zero-order valence-corrected chi connectivity index (χ0v) is 19.1. The van der Waals surface area contributed by atoms with Gasteiger partial charge in [0, 0.05) is 13.1 Å². The van der Waals surface area contributed by atoms with Crippen molar-refractivity contribution in [3.05, 3.63) is 51.5 Å². The topological polar surface area (TPSA) is 114 Å². The van der Waals surface area contributed by atoms with Gasteiger partial charge in [0.05, 0.1) is 18.8 Å². The summed E-state index contributed by atoms with van der Waals surface area (Å²) in [5.74, 6) is -1.78. The van der Waals surface area contributed by atoms with Gasteiger partial charge in [0.25, 0.3) is 11.5 Å². The fourth-order valence-electron chi connectivity index (χ4n) is 3.80. The van der Waals surface area contributed by atoms with E-state index in [0.717, 1.165) is 19.3 Å². The summed E-state index contributed by atoms with van der Waals surface area (Å²) in [4.78, 5) is 42.7. The van der Waals surface area contributed by atoms with Gasteiger partial charge in [0.15, 0.2) is 5.69 Å². The third-order valence-corrected chi connectivity index (χ3v) is 5.60. The highest BCUT2D eigenvalue weighted by Gasteiger charge is 2.34. The van der Waals surface area contributed by atoms with Crippen molar-refractivity contribution in [2.75, 3.05) is 18.1 Å². The van der Waals surface area contributed by atoms with Gasteiger partial charge in [-0.05, 0) is 38.0 Å². The Hall–Kier alpha value is -3.27. The molecule has 1 aromatic carbocycles. The molecule has 0 unspecified atom stereocenters. The predicted molar refractivity (Wildman–Crippen MR) is 120 cm³/mol. The molecule has 0 spiro atoms. The normalized spacial score (nSPS) is 14.4. The van der Waals surface area contributed by atoms with Gasteiger partial charge in [-0.1, -0.05) is 25.8 Å².